The molecule has 1 aromatic carbocycles. The summed E-state index contributed by atoms with van der Waals surface area (Å²) in [6, 6.07) is 6.43. The van der Waals surface area contributed by atoms with Crippen LogP contribution in [-0.2, 0) is 17.5 Å². The Morgan fingerprint density at radius 1 is 1.08 bits per heavy atom. The Morgan fingerprint density at radius 3 is 2.24 bits per heavy atom. The summed E-state index contributed by atoms with van der Waals surface area (Å²) in [6.45, 7) is 3.92. The number of amides is 1. The first-order valence-electron chi connectivity index (χ1n) is 7.70. The number of ketones is 1. The first kappa shape index (κ1) is 19.2. The molecule has 0 radical (unpaired) electrons. The topological polar surface area (TPSA) is 46.2 Å². The summed E-state index contributed by atoms with van der Waals surface area (Å²) in [5.74, 6) is -0.385. The maximum atomic E-state index is 12.5. The van der Waals surface area contributed by atoms with Crippen LogP contribution in [0.2, 0.25) is 0 Å². The second-order valence-corrected chi connectivity index (χ2v) is 7.18. The second kappa shape index (κ2) is 7.82. The normalized spacial score (nSPS) is 11.4. The SMILES string of the molecule is Cc1cc(C(=O)CCC(=O)NCc2ccc(C(F)(F)F)cc2)c(C)s1. The molecule has 0 saturated heterocycles. The van der Waals surface area contributed by atoms with Crippen molar-refractivity contribution in [2.45, 2.75) is 39.4 Å². The lowest BCUT2D eigenvalue weighted by Crippen LogP contribution is -2.23. The van der Waals surface area contributed by atoms with Crippen LogP contribution >= 0.6 is 11.3 Å². The van der Waals surface area contributed by atoms with E-state index >= 15 is 0 Å². The minimum Gasteiger partial charge on any atom is -0.352 e. The molecule has 0 atom stereocenters. The number of hydrogen-bond acceptors (Lipinski definition) is 3. The van der Waals surface area contributed by atoms with Gasteiger partial charge in [0, 0.05) is 34.7 Å². The molecule has 2 rings (SSSR count). The van der Waals surface area contributed by atoms with Gasteiger partial charge in [0.15, 0.2) is 5.78 Å². The summed E-state index contributed by atoms with van der Waals surface area (Å²) in [6.07, 6.45) is -4.22. The van der Waals surface area contributed by atoms with Crippen LogP contribution in [0.5, 0.6) is 0 Å². The molecule has 0 aliphatic heterocycles. The lowest BCUT2D eigenvalue weighted by atomic mass is 10.1. The molecule has 0 saturated carbocycles. The van der Waals surface area contributed by atoms with Gasteiger partial charge in [-0.25, -0.2) is 0 Å². The largest absolute Gasteiger partial charge is 0.416 e. The molecule has 134 valence electrons. The third-order valence-electron chi connectivity index (χ3n) is 3.69. The third-order valence-corrected chi connectivity index (χ3v) is 4.66. The maximum Gasteiger partial charge on any atom is 0.416 e. The fourth-order valence-electron chi connectivity index (χ4n) is 2.37. The van der Waals surface area contributed by atoms with Gasteiger partial charge in [0.1, 0.15) is 0 Å². The maximum absolute atomic E-state index is 12.5. The summed E-state index contributed by atoms with van der Waals surface area (Å²) in [5, 5.41) is 2.61. The first-order valence-corrected chi connectivity index (χ1v) is 8.51. The van der Waals surface area contributed by atoms with Gasteiger partial charge in [0.2, 0.25) is 5.91 Å². The van der Waals surface area contributed by atoms with Gasteiger partial charge in [0.05, 0.1) is 5.56 Å². The van der Waals surface area contributed by atoms with Crippen molar-refractivity contribution in [2.75, 3.05) is 0 Å². The third kappa shape index (κ3) is 5.42. The van der Waals surface area contributed by atoms with Crippen molar-refractivity contribution in [2.24, 2.45) is 0 Å². The molecule has 2 aromatic rings. The van der Waals surface area contributed by atoms with Crippen LogP contribution in [-0.4, -0.2) is 11.7 Å². The van der Waals surface area contributed by atoms with Gasteiger partial charge in [-0.3, -0.25) is 9.59 Å². The Kier molecular flexibility index (Phi) is 6.00. The monoisotopic (exact) mass is 369 g/mol. The Labute approximate surface area is 147 Å². The summed E-state index contributed by atoms with van der Waals surface area (Å²) < 4.78 is 37.4. The summed E-state index contributed by atoms with van der Waals surface area (Å²) >= 11 is 1.54. The van der Waals surface area contributed by atoms with Gasteiger partial charge < -0.3 is 5.32 Å². The Balaban J connectivity index is 1.81. The standard InChI is InChI=1S/C18H18F3NO2S/c1-11-9-15(12(2)25-11)16(23)7-8-17(24)22-10-13-3-5-14(6-4-13)18(19,20)21/h3-6,9H,7-8,10H2,1-2H3,(H,22,24). The van der Waals surface area contributed by atoms with Crippen LogP contribution in [0, 0.1) is 13.8 Å². The number of rotatable bonds is 6. The Hall–Kier alpha value is -2.15. The molecule has 7 heteroatoms. The van der Waals surface area contributed by atoms with Crippen LogP contribution in [0.15, 0.2) is 30.3 Å². The highest BCUT2D eigenvalue weighted by Crippen LogP contribution is 2.29. The fourth-order valence-corrected chi connectivity index (χ4v) is 3.31. The van der Waals surface area contributed by atoms with Crippen molar-refractivity contribution < 1.29 is 22.8 Å². The number of carbonyl (C=O) groups is 2. The van der Waals surface area contributed by atoms with Crippen LogP contribution in [0.1, 0.15) is 44.1 Å². The highest BCUT2D eigenvalue weighted by molar-refractivity contribution is 7.12. The fraction of sp³-hybridized carbons (Fsp3) is 0.333. The molecule has 0 fully saturated rings. The summed E-state index contributed by atoms with van der Waals surface area (Å²) in [7, 11) is 0. The number of nitrogens with one attached hydrogen (secondary N) is 1. The molecule has 1 N–H and O–H groups in total. The number of Topliss-reactive ketones (excluding diaryl/α,β-unsaturated/α-hetero) is 1. The molecule has 0 aliphatic rings. The van der Waals surface area contributed by atoms with E-state index in [1.807, 2.05) is 19.9 Å². The quantitative estimate of drug-likeness (QED) is 0.753. The van der Waals surface area contributed by atoms with E-state index < -0.39 is 11.7 Å². The highest BCUT2D eigenvalue weighted by Gasteiger charge is 2.29. The highest BCUT2D eigenvalue weighted by atomic mass is 32.1. The molecule has 0 bridgehead atoms. The molecule has 0 unspecified atom stereocenters. The van der Waals surface area contributed by atoms with Crippen LogP contribution < -0.4 is 5.32 Å². The summed E-state index contributed by atoms with van der Waals surface area (Å²) in [4.78, 5) is 25.9. The molecule has 0 aliphatic carbocycles. The molecule has 1 aromatic heterocycles. The predicted octanol–water partition coefficient (Wildman–Crippen LogP) is 4.66. The van der Waals surface area contributed by atoms with Crippen LogP contribution in [0.4, 0.5) is 13.2 Å². The molecule has 0 spiro atoms. The van der Waals surface area contributed by atoms with E-state index in [1.165, 1.54) is 12.1 Å². The van der Waals surface area contributed by atoms with Gasteiger partial charge in [-0.05, 0) is 37.6 Å². The molecule has 1 amide bonds. The van der Waals surface area contributed by atoms with E-state index in [9.17, 15) is 22.8 Å². The zero-order valence-electron chi connectivity index (χ0n) is 13.9. The number of aryl methyl sites for hydroxylation is 2. The molecule has 25 heavy (non-hydrogen) atoms. The van der Waals surface area contributed by atoms with Crippen molar-refractivity contribution in [3.05, 3.63) is 56.8 Å². The number of halogens is 3. The Morgan fingerprint density at radius 2 is 1.72 bits per heavy atom. The molecular formula is C18H18F3NO2S. The zero-order chi connectivity index (χ0) is 18.6. The number of carbonyl (C=O) groups excluding carboxylic acids is 2. The lowest BCUT2D eigenvalue weighted by Gasteiger charge is -2.08. The van der Waals surface area contributed by atoms with Crippen molar-refractivity contribution >= 4 is 23.0 Å². The van der Waals surface area contributed by atoms with Gasteiger partial charge in [0.25, 0.3) is 0 Å². The number of benzene rings is 1. The first-order chi connectivity index (χ1) is 11.7. The number of hydrogen-bond donors (Lipinski definition) is 1. The average Bonchev–Trinajstić information content (AvgIpc) is 2.88. The van der Waals surface area contributed by atoms with Crippen molar-refractivity contribution in [3.8, 4) is 0 Å². The smallest absolute Gasteiger partial charge is 0.352 e. The Bertz CT molecular complexity index is 764. The van der Waals surface area contributed by atoms with Gasteiger partial charge in [-0.15, -0.1) is 11.3 Å². The van der Waals surface area contributed by atoms with Gasteiger partial charge >= 0.3 is 6.18 Å². The molecular weight excluding hydrogens is 351 g/mol. The number of thiophene rings is 1. The number of alkyl halides is 3. The second-order valence-electron chi connectivity index (χ2n) is 5.72. The van der Waals surface area contributed by atoms with E-state index in [0.29, 0.717) is 11.1 Å². The average molecular weight is 369 g/mol. The minimum atomic E-state index is -4.37. The van der Waals surface area contributed by atoms with Crippen molar-refractivity contribution in [1.29, 1.82) is 0 Å². The van der Waals surface area contributed by atoms with E-state index in [4.69, 9.17) is 0 Å². The van der Waals surface area contributed by atoms with E-state index in [-0.39, 0.29) is 31.1 Å². The lowest BCUT2D eigenvalue weighted by molar-refractivity contribution is -0.137. The van der Waals surface area contributed by atoms with E-state index in [1.54, 1.807) is 11.3 Å². The minimum absolute atomic E-state index is 0.0494. The zero-order valence-corrected chi connectivity index (χ0v) is 14.7. The van der Waals surface area contributed by atoms with Crippen LogP contribution in [0.25, 0.3) is 0 Å². The van der Waals surface area contributed by atoms with Gasteiger partial charge in [-0.1, -0.05) is 12.1 Å². The van der Waals surface area contributed by atoms with Gasteiger partial charge in [-0.2, -0.15) is 13.2 Å². The molecule has 1 heterocycles. The predicted molar refractivity (Wildman–Crippen MR) is 90.6 cm³/mol. The van der Waals surface area contributed by atoms with E-state index in [2.05, 4.69) is 5.32 Å². The van der Waals surface area contributed by atoms with Crippen molar-refractivity contribution in [3.63, 3.8) is 0 Å². The van der Waals surface area contributed by atoms with Crippen LogP contribution in [0.3, 0.4) is 0 Å². The molecule has 3 nitrogen and oxygen atoms in total. The summed E-state index contributed by atoms with van der Waals surface area (Å²) in [5.41, 5.74) is 0.490. The van der Waals surface area contributed by atoms with E-state index in [0.717, 1.165) is 21.9 Å². The van der Waals surface area contributed by atoms with Crippen molar-refractivity contribution in [1.82, 2.24) is 5.32 Å².